The largest absolute Gasteiger partial charge is 0.493 e. The molecule has 0 spiro atoms. The molecule has 0 atom stereocenters. The smallest absolute Gasteiger partial charge is 0.205 e. The summed E-state index contributed by atoms with van der Waals surface area (Å²) >= 11 is 0. The molecule has 0 fully saturated rings. The maximum absolute atomic E-state index is 5.39. The van der Waals surface area contributed by atoms with Gasteiger partial charge in [0, 0.05) is 24.6 Å². The molecule has 0 N–H and O–H groups in total. The van der Waals surface area contributed by atoms with Gasteiger partial charge >= 0.3 is 0 Å². The van der Waals surface area contributed by atoms with Crippen molar-refractivity contribution in [2.75, 3.05) is 21.3 Å². The van der Waals surface area contributed by atoms with E-state index in [2.05, 4.69) is 29.8 Å². The summed E-state index contributed by atoms with van der Waals surface area (Å²) in [7, 11) is 4.85. The Balaban J connectivity index is 2.36. The zero-order valence-electron chi connectivity index (χ0n) is 14.2. The van der Waals surface area contributed by atoms with Crippen LogP contribution in [0.3, 0.4) is 0 Å². The Hall–Kier alpha value is -2.49. The summed E-state index contributed by atoms with van der Waals surface area (Å²) in [6.45, 7) is 3.17. The molecule has 0 unspecified atom stereocenters. The molecule has 0 bridgehead atoms. The Kier molecular flexibility index (Phi) is 6.03. The van der Waals surface area contributed by atoms with Crippen molar-refractivity contribution in [2.24, 2.45) is 0 Å². The first-order valence-electron chi connectivity index (χ1n) is 7.70. The van der Waals surface area contributed by atoms with Crippen molar-refractivity contribution in [3.05, 3.63) is 47.8 Å². The van der Waals surface area contributed by atoms with Crippen LogP contribution in [0.2, 0.25) is 0 Å². The molecule has 1 heterocycles. The quantitative estimate of drug-likeness (QED) is 0.732. The van der Waals surface area contributed by atoms with Gasteiger partial charge in [0.05, 0.1) is 21.3 Å². The van der Waals surface area contributed by atoms with Crippen LogP contribution in [0.1, 0.15) is 24.6 Å². The predicted molar refractivity (Wildman–Crippen MR) is 92.0 cm³/mol. The SMILES string of the molecule is CCC[n+]1ccccc1/C=C/c1cc(OC)c(OC)c(OC)c1. The molecular formula is C19H24NO3+. The molecular weight excluding hydrogens is 290 g/mol. The normalized spacial score (nSPS) is 10.8. The topological polar surface area (TPSA) is 31.6 Å². The predicted octanol–water partition coefficient (Wildman–Crippen LogP) is 3.58. The van der Waals surface area contributed by atoms with Gasteiger partial charge in [-0.1, -0.05) is 6.92 Å². The van der Waals surface area contributed by atoms with Gasteiger partial charge in [-0.15, -0.1) is 0 Å². The fourth-order valence-corrected chi connectivity index (χ4v) is 2.46. The number of aromatic nitrogens is 1. The lowest BCUT2D eigenvalue weighted by Gasteiger charge is -2.12. The monoisotopic (exact) mass is 314 g/mol. The molecule has 0 saturated heterocycles. The summed E-state index contributed by atoms with van der Waals surface area (Å²) in [5, 5.41) is 0. The zero-order chi connectivity index (χ0) is 16.7. The third-order valence-electron chi connectivity index (χ3n) is 3.57. The van der Waals surface area contributed by atoms with E-state index in [0.717, 1.165) is 24.2 Å². The lowest BCUT2D eigenvalue weighted by molar-refractivity contribution is -0.698. The second-order valence-electron chi connectivity index (χ2n) is 5.11. The number of pyridine rings is 1. The molecule has 0 amide bonds. The van der Waals surface area contributed by atoms with Gasteiger partial charge in [0.2, 0.25) is 11.4 Å². The van der Waals surface area contributed by atoms with Crippen LogP contribution in [-0.4, -0.2) is 21.3 Å². The van der Waals surface area contributed by atoms with Crippen molar-refractivity contribution in [1.82, 2.24) is 0 Å². The minimum Gasteiger partial charge on any atom is -0.493 e. The van der Waals surface area contributed by atoms with Crippen molar-refractivity contribution in [2.45, 2.75) is 19.9 Å². The summed E-state index contributed by atoms with van der Waals surface area (Å²) in [6.07, 6.45) is 7.33. The van der Waals surface area contributed by atoms with Gasteiger partial charge in [-0.2, -0.15) is 4.57 Å². The summed E-state index contributed by atoms with van der Waals surface area (Å²) in [6, 6.07) is 10.1. The van der Waals surface area contributed by atoms with Crippen LogP contribution in [0.4, 0.5) is 0 Å². The number of benzene rings is 1. The number of hydrogen-bond donors (Lipinski definition) is 0. The van der Waals surface area contributed by atoms with Crippen molar-refractivity contribution >= 4 is 12.2 Å². The average molecular weight is 314 g/mol. The second kappa shape index (κ2) is 8.22. The summed E-state index contributed by atoms with van der Waals surface area (Å²) in [4.78, 5) is 0. The van der Waals surface area contributed by atoms with Gasteiger partial charge in [-0.05, 0) is 29.8 Å². The van der Waals surface area contributed by atoms with Crippen LogP contribution in [0.5, 0.6) is 17.2 Å². The molecule has 0 aliphatic carbocycles. The molecule has 2 aromatic rings. The summed E-state index contributed by atoms with van der Waals surface area (Å²) in [5.74, 6) is 1.91. The molecule has 0 radical (unpaired) electrons. The third kappa shape index (κ3) is 4.03. The van der Waals surface area contributed by atoms with Gasteiger partial charge < -0.3 is 14.2 Å². The highest BCUT2D eigenvalue weighted by molar-refractivity contribution is 5.70. The van der Waals surface area contributed by atoms with Gasteiger partial charge in [0.1, 0.15) is 6.54 Å². The molecule has 122 valence electrons. The standard InChI is InChI=1S/C19H24NO3/c1-5-11-20-12-7-6-8-16(20)10-9-15-13-17(21-2)19(23-4)18(14-15)22-3/h6-10,12-14H,5,11H2,1-4H3/q+1/b10-9+. The van der Waals surface area contributed by atoms with Crippen LogP contribution in [0, 0.1) is 0 Å². The minimum absolute atomic E-state index is 0.605. The van der Waals surface area contributed by atoms with Crippen molar-refractivity contribution < 1.29 is 18.8 Å². The molecule has 4 heteroatoms. The molecule has 1 aromatic carbocycles. The van der Waals surface area contributed by atoms with Gasteiger partial charge in [0.15, 0.2) is 17.7 Å². The number of nitrogens with zero attached hydrogens (tertiary/aromatic N) is 1. The third-order valence-corrected chi connectivity index (χ3v) is 3.57. The first-order chi connectivity index (χ1) is 11.2. The van der Waals surface area contributed by atoms with E-state index in [1.165, 1.54) is 0 Å². The number of ether oxygens (including phenoxy) is 3. The molecule has 4 nitrogen and oxygen atoms in total. The molecule has 2 rings (SSSR count). The van der Waals surface area contributed by atoms with E-state index in [4.69, 9.17) is 14.2 Å². The lowest BCUT2D eigenvalue weighted by atomic mass is 10.1. The Morgan fingerprint density at radius 1 is 0.957 bits per heavy atom. The highest BCUT2D eigenvalue weighted by Crippen LogP contribution is 2.38. The van der Waals surface area contributed by atoms with E-state index in [1.54, 1.807) is 21.3 Å². The highest BCUT2D eigenvalue weighted by atomic mass is 16.5. The van der Waals surface area contributed by atoms with E-state index in [-0.39, 0.29) is 0 Å². The van der Waals surface area contributed by atoms with Crippen LogP contribution in [-0.2, 0) is 6.54 Å². The van der Waals surface area contributed by atoms with Gasteiger partial charge in [-0.25, -0.2) is 0 Å². The van der Waals surface area contributed by atoms with Crippen molar-refractivity contribution in [3.63, 3.8) is 0 Å². The second-order valence-corrected chi connectivity index (χ2v) is 5.11. The summed E-state index contributed by atoms with van der Waals surface area (Å²) < 4.78 is 18.4. The molecule has 0 aliphatic heterocycles. The van der Waals surface area contributed by atoms with Crippen LogP contribution in [0.25, 0.3) is 12.2 Å². The molecule has 1 aromatic heterocycles. The summed E-state index contributed by atoms with van der Waals surface area (Å²) in [5.41, 5.74) is 2.15. The Labute approximate surface area is 137 Å². The minimum atomic E-state index is 0.605. The number of hydrogen-bond acceptors (Lipinski definition) is 3. The maximum atomic E-state index is 5.39. The first-order valence-corrected chi connectivity index (χ1v) is 7.70. The Morgan fingerprint density at radius 3 is 2.22 bits per heavy atom. The van der Waals surface area contributed by atoms with Gasteiger partial charge in [0.25, 0.3) is 0 Å². The van der Waals surface area contributed by atoms with Gasteiger partial charge in [-0.3, -0.25) is 0 Å². The number of rotatable bonds is 7. The van der Waals surface area contributed by atoms with E-state index in [1.807, 2.05) is 30.3 Å². The van der Waals surface area contributed by atoms with E-state index in [0.29, 0.717) is 17.2 Å². The van der Waals surface area contributed by atoms with Crippen LogP contribution >= 0.6 is 0 Å². The zero-order valence-corrected chi connectivity index (χ0v) is 14.2. The van der Waals surface area contributed by atoms with Crippen molar-refractivity contribution in [3.8, 4) is 17.2 Å². The Morgan fingerprint density at radius 2 is 1.65 bits per heavy atom. The van der Waals surface area contributed by atoms with E-state index >= 15 is 0 Å². The lowest BCUT2D eigenvalue weighted by Crippen LogP contribution is -2.35. The fraction of sp³-hybridized carbons (Fsp3) is 0.316. The van der Waals surface area contributed by atoms with Crippen LogP contribution < -0.4 is 18.8 Å². The molecule has 0 aliphatic rings. The first kappa shape index (κ1) is 16.9. The molecule has 0 saturated carbocycles. The van der Waals surface area contributed by atoms with E-state index < -0.39 is 0 Å². The Bertz CT molecular complexity index is 655. The number of aryl methyl sites for hydroxylation is 1. The van der Waals surface area contributed by atoms with E-state index in [9.17, 15) is 0 Å². The number of methoxy groups -OCH3 is 3. The fourth-order valence-electron chi connectivity index (χ4n) is 2.46. The maximum Gasteiger partial charge on any atom is 0.205 e. The molecule has 23 heavy (non-hydrogen) atoms. The highest BCUT2D eigenvalue weighted by Gasteiger charge is 2.12. The van der Waals surface area contributed by atoms with Crippen LogP contribution in [0.15, 0.2) is 36.5 Å². The average Bonchev–Trinajstić information content (AvgIpc) is 2.60. The van der Waals surface area contributed by atoms with Crippen molar-refractivity contribution in [1.29, 1.82) is 0 Å².